The van der Waals surface area contributed by atoms with E-state index in [9.17, 15) is 22.4 Å². The Morgan fingerprint density at radius 1 is 0.857 bits per heavy atom. The first-order valence-corrected chi connectivity index (χ1v) is 15.6. The molecule has 0 saturated carbocycles. The van der Waals surface area contributed by atoms with Gasteiger partial charge in [-0.05, 0) is 55.0 Å². The van der Waals surface area contributed by atoms with Crippen molar-refractivity contribution in [2.24, 2.45) is 0 Å². The van der Waals surface area contributed by atoms with Crippen LogP contribution in [0, 0.1) is 5.82 Å². The number of halogens is 2. The molecule has 0 aliphatic carbocycles. The summed E-state index contributed by atoms with van der Waals surface area (Å²) in [7, 11) is -4.20. The van der Waals surface area contributed by atoms with E-state index >= 15 is 0 Å². The van der Waals surface area contributed by atoms with Crippen LogP contribution in [0.1, 0.15) is 18.1 Å². The molecule has 0 heterocycles. The molecule has 4 rings (SSSR count). The van der Waals surface area contributed by atoms with E-state index in [0.29, 0.717) is 6.54 Å². The lowest BCUT2D eigenvalue weighted by molar-refractivity contribution is -0.140. The van der Waals surface area contributed by atoms with E-state index in [1.54, 1.807) is 61.5 Å². The minimum Gasteiger partial charge on any atom is -0.355 e. The molecule has 0 unspecified atom stereocenters. The quantitative estimate of drug-likeness (QED) is 0.217. The van der Waals surface area contributed by atoms with Crippen LogP contribution in [0.25, 0.3) is 0 Å². The van der Waals surface area contributed by atoms with Crippen molar-refractivity contribution in [3.63, 3.8) is 0 Å². The van der Waals surface area contributed by atoms with Crippen LogP contribution < -0.4 is 9.62 Å². The van der Waals surface area contributed by atoms with Crippen molar-refractivity contribution >= 4 is 43.5 Å². The van der Waals surface area contributed by atoms with Gasteiger partial charge in [-0.2, -0.15) is 0 Å². The number of hydrogen-bond acceptors (Lipinski definition) is 4. The van der Waals surface area contributed by atoms with Crippen LogP contribution in [-0.4, -0.2) is 44.3 Å². The second-order valence-electron chi connectivity index (χ2n) is 9.51. The van der Waals surface area contributed by atoms with E-state index in [4.69, 9.17) is 0 Å². The fraction of sp³-hybridized carbons (Fsp3) is 0.188. The van der Waals surface area contributed by atoms with Gasteiger partial charge in [0.15, 0.2) is 0 Å². The van der Waals surface area contributed by atoms with Crippen molar-refractivity contribution in [1.82, 2.24) is 10.2 Å². The highest BCUT2D eigenvalue weighted by atomic mass is 79.9. The number of nitrogens with zero attached hydrogens (tertiary/aromatic N) is 2. The number of anilines is 1. The number of nitrogens with one attached hydrogen (secondary N) is 1. The van der Waals surface area contributed by atoms with Crippen LogP contribution in [0.3, 0.4) is 0 Å². The Balaban J connectivity index is 1.79. The van der Waals surface area contributed by atoms with Gasteiger partial charge in [-0.1, -0.05) is 82.7 Å². The van der Waals surface area contributed by atoms with E-state index in [-0.39, 0.29) is 29.1 Å². The first-order chi connectivity index (χ1) is 20.2. The fourth-order valence-corrected chi connectivity index (χ4v) is 6.21. The Kier molecular flexibility index (Phi) is 10.5. The lowest BCUT2D eigenvalue weighted by Crippen LogP contribution is -2.53. The van der Waals surface area contributed by atoms with E-state index in [1.165, 1.54) is 29.2 Å². The number of likely N-dealkylation sites (N-methyl/N-ethyl adjacent to an activating group) is 1. The SMILES string of the molecule is CCNC(=O)[C@H](Cc1ccccc1)N(Cc1ccccc1F)C(=O)CN(c1ccc(Br)cc1)S(=O)(=O)c1ccccc1. The van der Waals surface area contributed by atoms with Crippen molar-refractivity contribution < 1.29 is 22.4 Å². The third kappa shape index (κ3) is 7.63. The summed E-state index contributed by atoms with van der Waals surface area (Å²) >= 11 is 3.37. The van der Waals surface area contributed by atoms with Gasteiger partial charge >= 0.3 is 0 Å². The predicted octanol–water partition coefficient (Wildman–Crippen LogP) is 5.56. The zero-order valence-electron chi connectivity index (χ0n) is 23.0. The molecule has 218 valence electrons. The molecule has 0 fully saturated rings. The Morgan fingerprint density at radius 2 is 1.45 bits per heavy atom. The molecular formula is C32H31BrFN3O4S. The third-order valence-corrected chi connectivity index (χ3v) is 8.96. The molecule has 2 amide bonds. The number of amides is 2. The summed E-state index contributed by atoms with van der Waals surface area (Å²) in [6.07, 6.45) is 0.149. The van der Waals surface area contributed by atoms with Crippen LogP contribution in [0.2, 0.25) is 0 Å². The summed E-state index contributed by atoms with van der Waals surface area (Å²) in [6, 6.07) is 28.5. The maximum Gasteiger partial charge on any atom is 0.264 e. The topological polar surface area (TPSA) is 86.8 Å². The number of benzene rings is 4. The predicted molar refractivity (Wildman–Crippen MR) is 165 cm³/mol. The number of rotatable bonds is 12. The maximum absolute atomic E-state index is 14.9. The van der Waals surface area contributed by atoms with Gasteiger partial charge in [-0.15, -0.1) is 0 Å². The minimum absolute atomic E-state index is 0.00549. The maximum atomic E-state index is 14.9. The number of carbonyl (C=O) groups is 2. The van der Waals surface area contributed by atoms with Crippen LogP contribution in [0.5, 0.6) is 0 Å². The Hall–Kier alpha value is -4.02. The van der Waals surface area contributed by atoms with Gasteiger partial charge in [0.2, 0.25) is 11.8 Å². The average Bonchev–Trinajstić information content (AvgIpc) is 3.00. The smallest absolute Gasteiger partial charge is 0.264 e. The summed E-state index contributed by atoms with van der Waals surface area (Å²) in [4.78, 5) is 29.0. The molecule has 0 bridgehead atoms. The first-order valence-electron chi connectivity index (χ1n) is 13.4. The Bertz CT molecular complexity index is 1600. The molecular weight excluding hydrogens is 621 g/mol. The van der Waals surface area contributed by atoms with Crippen molar-refractivity contribution in [2.45, 2.75) is 30.8 Å². The first kappa shape index (κ1) is 30.9. The summed E-state index contributed by atoms with van der Waals surface area (Å²) in [5.41, 5.74) is 1.26. The second kappa shape index (κ2) is 14.2. The molecule has 0 saturated heterocycles. The highest BCUT2D eigenvalue weighted by Crippen LogP contribution is 2.26. The van der Waals surface area contributed by atoms with Crippen LogP contribution in [0.15, 0.2) is 119 Å². The second-order valence-corrected chi connectivity index (χ2v) is 12.3. The lowest BCUT2D eigenvalue weighted by atomic mass is 10.0. The minimum atomic E-state index is -4.20. The van der Waals surface area contributed by atoms with Crippen molar-refractivity contribution in [2.75, 3.05) is 17.4 Å². The van der Waals surface area contributed by atoms with Gasteiger partial charge in [0.25, 0.3) is 10.0 Å². The molecule has 0 aromatic heterocycles. The van der Waals surface area contributed by atoms with Gasteiger partial charge in [0.05, 0.1) is 10.6 Å². The third-order valence-electron chi connectivity index (χ3n) is 6.65. The zero-order chi connectivity index (χ0) is 30.1. The number of hydrogen-bond donors (Lipinski definition) is 1. The highest BCUT2D eigenvalue weighted by Gasteiger charge is 2.34. The summed E-state index contributed by atoms with van der Waals surface area (Å²) in [5, 5.41) is 2.79. The zero-order valence-corrected chi connectivity index (χ0v) is 25.4. The number of sulfonamides is 1. The van der Waals surface area contributed by atoms with Gasteiger partial charge in [0.1, 0.15) is 18.4 Å². The molecule has 7 nitrogen and oxygen atoms in total. The standard InChI is InChI=1S/C32H31BrFN3O4S/c1-2-35-32(39)30(21-24-11-5-3-6-12-24)36(22-25-13-9-10-16-29(25)34)31(38)23-37(27-19-17-26(33)18-20-27)42(40,41)28-14-7-4-8-15-28/h3-20,30H,2,21-23H2,1H3,(H,35,39)/t30-/m0/s1. The van der Waals surface area contributed by atoms with E-state index < -0.39 is 40.2 Å². The van der Waals surface area contributed by atoms with Gasteiger partial charge in [0, 0.05) is 29.5 Å². The summed E-state index contributed by atoms with van der Waals surface area (Å²) in [6.45, 7) is 1.24. The van der Waals surface area contributed by atoms with Crippen molar-refractivity contribution in [1.29, 1.82) is 0 Å². The molecule has 1 N–H and O–H groups in total. The average molecular weight is 653 g/mol. The molecule has 0 radical (unpaired) electrons. The van der Waals surface area contributed by atoms with Gasteiger partial charge in [-0.3, -0.25) is 13.9 Å². The molecule has 0 aliphatic rings. The molecule has 42 heavy (non-hydrogen) atoms. The Morgan fingerprint density at radius 3 is 2.07 bits per heavy atom. The summed E-state index contributed by atoms with van der Waals surface area (Å²) < 4.78 is 44.4. The molecule has 4 aromatic rings. The van der Waals surface area contributed by atoms with Crippen molar-refractivity contribution in [3.8, 4) is 0 Å². The molecule has 4 aromatic carbocycles. The largest absolute Gasteiger partial charge is 0.355 e. The van der Waals surface area contributed by atoms with Crippen LogP contribution >= 0.6 is 15.9 Å². The highest BCUT2D eigenvalue weighted by molar-refractivity contribution is 9.10. The van der Waals surface area contributed by atoms with Gasteiger partial charge < -0.3 is 10.2 Å². The van der Waals surface area contributed by atoms with Crippen LogP contribution in [-0.2, 0) is 32.6 Å². The lowest BCUT2D eigenvalue weighted by Gasteiger charge is -2.34. The van der Waals surface area contributed by atoms with E-state index in [2.05, 4.69) is 21.2 Å². The monoisotopic (exact) mass is 651 g/mol. The number of carbonyl (C=O) groups excluding carboxylic acids is 2. The van der Waals surface area contributed by atoms with E-state index in [0.717, 1.165) is 14.3 Å². The van der Waals surface area contributed by atoms with Crippen LogP contribution in [0.4, 0.5) is 10.1 Å². The van der Waals surface area contributed by atoms with Crippen molar-refractivity contribution in [3.05, 3.63) is 131 Å². The Labute approximate surface area is 254 Å². The molecule has 10 heteroatoms. The summed E-state index contributed by atoms with van der Waals surface area (Å²) in [5.74, 6) is -1.62. The normalized spacial score (nSPS) is 11.9. The van der Waals surface area contributed by atoms with Gasteiger partial charge in [-0.25, -0.2) is 12.8 Å². The fourth-order valence-electron chi connectivity index (χ4n) is 4.51. The molecule has 0 aliphatic heterocycles. The molecule has 1 atom stereocenters. The van der Waals surface area contributed by atoms with E-state index in [1.807, 2.05) is 30.3 Å². The molecule has 0 spiro atoms.